The van der Waals surface area contributed by atoms with Crippen molar-refractivity contribution in [2.45, 2.75) is 31.9 Å². The van der Waals surface area contributed by atoms with Gasteiger partial charge in [-0.2, -0.15) is 0 Å². The van der Waals surface area contributed by atoms with Crippen LogP contribution in [-0.2, 0) is 16.1 Å². The average molecular weight is 288 g/mol. The molecule has 1 aromatic carbocycles. The summed E-state index contributed by atoms with van der Waals surface area (Å²) in [6.45, 7) is 6.89. The Hall–Kier alpha value is -1.39. The fourth-order valence-electron chi connectivity index (χ4n) is 3.51. The van der Waals surface area contributed by atoms with Crippen molar-refractivity contribution in [2.24, 2.45) is 0 Å². The van der Waals surface area contributed by atoms with Gasteiger partial charge in [-0.1, -0.05) is 30.3 Å². The number of ether oxygens (including phenoxy) is 1. The van der Waals surface area contributed by atoms with Gasteiger partial charge in [-0.05, 0) is 18.4 Å². The molecule has 0 unspecified atom stereocenters. The van der Waals surface area contributed by atoms with Crippen LogP contribution in [0.3, 0.4) is 0 Å². The number of piperidine rings is 1. The Bertz CT molecular complexity index is 487. The van der Waals surface area contributed by atoms with Gasteiger partial charge in [-0.3, -0.25) is 9.69 Å². The molecule has 21 heavy (non-hydrogen) atoms. The third-order valence-corrected chi connectivity index (χ3v) is 4.56. The van der Waals surface area contributed by atoms with E-state index >= 15 is 0 Å². The van der Waals surface area contributed by atoms with E-state index in [1.54, 1.807) is 6.92 Å². The van der Waals surface area contributed by atoms with Gasteiger partial charge in [0.1, 0.15) is 0 Å². The predicted octanol–water partition coefficient (Wildman–Crippen LogP) is 1.90. The first-order valence-corrected chi connectivity index (χ1v) is 7.83. The highest BCUT2D eigenvalue weighted by Gasteiger charge is 2.41. The first-order valence-electron chi connectivity index (χ1n) is 7.83. The molecule has 1 amide bonds. The third-order valence-electron chi connectivity index (χ3n) is 4.56. The first-order chi connectivity index (χ1) is 10.2. The second-order valence-electron chi connectivity index (χ2n) is 6.27. The zero-order valence-electron chi connectivity index (χ0n) is 12.8. The van der Waals surface area contributed by atoms with Gasteiger partial charge >= 0.3 is 0 Å². The lowest BCUT2D eigenvalue weighted by Crippen LogP contribution is -2.60. The standard InChI is InChI=1S/C17H24N2O2/c1-15(20)19-9-5-8-17(14-19)13-18(10-11-21-17)12-16-6-3-2-4-7-16/h2-4,6-7H,5,8-14H2,1H3/t17-/m1/s1. The lowest BCUT2D eigenvalue weighted by Gasteiger charge is -2.48. The van der Waals surface area contributed by atoms with Crippen LogP contribution in [0.25, 0.3) is 0 Å². The summed E-state index contributed by atoms with van der Waals surface area (Å²) in [7, 11) is 0. The fraction of sp³-hybridized carbons (Fsp3) is 0.588. The number of morpholine rings is 1. The van der Waals surface area contributed by atoms with Crippen LogP contribution < -0.4 is 0 Å². The lowest BCUT2D eigenvalue weighted by molar-refractivity contribution is -0.156. The predicted molar refractivity (Wildman–Crippen MR) is 81.9 cm³/mol. The molecular weight excluding hydrogens is 264 g/mol. The molecule has 0 saturated carbocycles. The summed E-state index contributed by atoms with van der Waals surface area (Å²) in [6, 6.07) is 10.6. The first kappa shape index (κ1) is 14.5. The van der Waals surface area contributed by atoms with E-state index in [1.165, 1.54) is 5.56 Å². The lowest BCUT2D eigenvalue weighted by atomic mass is 9.90. The van der Waals surface area contributed by atoms with E-state index in [1.807, 2.05) is 4.90 Å². The molecular formula is C17H24N2O2. The maximum absolute atomic E-state index is 11.7. The van der Waals surface area contributed by atoms with E-state index in [9.17, 15) is 4.79 Å². The summed E-state index contributed by atoms with van der Waals surface area (Å²) >= 11 is 0. The summed E-state index contributed by atoms with van der Waals surface area (Å²) in [5.74, 6) is 0.165. The SMILES string of the molecule is CC(=O)N1CCC[C@@]2(CN(Cc3ccccc3)CCO2)C1. The zero-order valence-corrected chi connectivity index (χ0v) is 12.8. The second-order valence-corrected chi connectivity index (χ2v) is 6.27. The molecule has 2 heterocycles. The van der Waals surface area contributed by atoms with Crippen molar-refractivity contribution >= 4 is 5.91 Å². The molecule has 114 valence electrons. The molecule has 0 bridgehead atoms. The van der Waals surface area contributed by atoms with Gasteiger partial charge in [0.15, 0.2) is 0 Å². The molecule has 4 nitrogen and oxygen atoms in total. The van der Waals surface area contributed by atoms with Crippen molar-refractivity contribution in [1.29, 1.82) is 0 Å². The zero-order chi connectivity index (χ0) is 14.7. The van der Waals surface area contributed by atoms with E-state index in [4.69, 9.17) is 4.74 Å². The molecule has 2 aliphatic heterocycles. The Morgan fingerprint density at radius 3 is 2.81 bits per heavy atom. The summed E-state index contributed by atoms with van der Waals surface area (Å²) in [4.78, 5) is 16.1. The minimum Gasteiger partial charge on any atom is -0.370 e. The van der Waals surface area contributed by atoms with E-state index in [0.29, 0.717) is 0 Å². The topological polar surface area (TPSA) is 32.8 Å². The Kier molecular flexibility index (Phi) is 4.27. The third kappa shape index (κ3) is 3.44. The van der Waals surface area contributed by atoms with E-state index in [-0.39, 0.29) is 11.5 Å². The minimum absolute atomic E-state index is 0.156. The minimum atomic E-state index is -0.156. The highest BCUT2D eigenvalue weighted by atomic mass is 16.5. The summed E-state index contributed by atoms with van der Waals surface area (Å²) in [5, 5.41) is 0. The van der Waals surface area contributed by atoms with Gasteiger partial charge < -0.3 is 9.64 Å². The van der Waals surface area contributed by atoms with Crippen molar-refractivity contribution in [3.05, 3.63) is 35.9 Å². The van der Waals surface area contributed by atoms with Crippen molar-refractivity contribution in [3.63, 3.8) is 0 Å². The molecule has 0 radical (unpaired) electrons. The number of amides is 1. The van der Waals surface area contributed by atoms with Crippen LogP contribution in [0, 0.1) is 0 Å². The van der Waals surface area contributed by atoms with Gasteiger partial charge in [0.05, 0.1) is 18.8 Å². The molecule has 0 N–H and O–H groups in total. The normalized spacial score (nSPS) is 27.0. The molecule has 1 aromatic rings. The van der Waals surface area contributed by atoms with Gasteiger partial charge in [0, 0.05) is 33.1 Å². The van der Waals surface area contributed by atoms with Crippen molar-refractivity contribution in [1.82, 2.24) is 9.80 Å². The molecule has 2 fully saturated rings. The molecule has 0 aromatic heterocycles. The van der Waals surface area contributed by atoms with Gasteiger partial charge in [0.2, 0.25) is 5.91 Å². The number of carbonyl (C=O) groups is 1. The average Bonchev–Trinajstić information content (AvgIpc) is 2.48. The Morgan fingerprint density at radius 1 is 1.24 bits per heavy atom. The highest BCUT2D eigenvalue weighted by Crippen LogP contribution is 2.29. The van der Waals surface area contributed by atoms with Crippen LogP contribution >= 0.6 is 0 Å². The van der Waals surface area contributed by atoms with E-state index in [2.05, 4.69) is 35.2 Å². The molecule has 2 saturated heterocycles. The van der Waals surface area contributed by atoms with Crippen LogP contribution in [0.4, 0.5) is 0 Å². The quantitative estimate of drug-likeness (QED) is 0.833. The maximum Gasteiger partial charge on any atom is 0.219 e. The van der Waals surface area contributed by atoms with Crippen molar-refractivity contribution in [2.75, 3.05) is 32.8 Å². The smallest absolute Gasteiger partial charge is 0.219 e. The number of benzene rings is 1. The monoisotopic (exact) mass is 288 g/mol. The second kappa shape index (κ2) is 6.16. The fourth-order valence-corrected chi connectivity index (χ4v) is 3.51. The summed E-state index contributed by atoms with van der Waals surface area (Å²) in [5.41, 5.74) is 1.19. The number of rotatable bonds is 2. The van der Waals surface area contributed by atoms with Gasteiger partial charge in [-0.15, -0.1) is 0 Å². The summed E-state index contributed by atoms with van der Waals surface area (Å²) < 4.78 is 6.12. The van der Waals surface area contributed by atoms with Crippen LogP contribution in [0.15, 0.2) is 30.3 Å². The molecule has 2 aliphatic rings. The molecule has 1 atom stereocenters. The van der Waals surface area contributed by atoms with Gasteiger partial charge in [0.25, 0.3) is 0 Å². The number of hydrogen-bond acceptors (Lipinski definition) is 3. The molecule has 3 rings (SSSR count). The van der Waals surface area contributed by atoms with E-state index < -0.39 is 0 Å². The number of carbonyl (C=O) groups excluding carboxylic acids is 1. The van der Waals surface area contributed by atoms with Gasteiger partial charge in [-0.25, -0.2) is 0 Å². The summed E-state index contributed by atoms with van der Waals surface area (Å²) in [6.07, 6.45) is 2.10. The Balaban J connectivity index is 1.66. The molecule has 1 spiro atoms. The molecule has 0 aliphatic carbocycles. The number of nitrogens with zero attached hydrogens (tertiary/aromatic N) is 2. The van der Waals surface area contributed by atoms with Crippen LogP contribution in [0.2, 0.25) is 0 Å². The highest BCUT2D eigenvalue weighted by molar-refractivity contribution is 5.73. The number of likely N-dealkylation sites (tertiary alicyclic amines) is 1. The van der Waals surface area contributed by atoms with Crippen LogP contribution in [0.5, 0.6) is 0 Å². The van der Waals surface area contributed by atoms with E-state index in [0.717, 1.165) is 52.2 Å². The van der Waals surface area contributed by atoms with Crippen molar-refractivity contribution in [3.8, 4) is 0 Å². The maximum atomic E-state index is 11.7. The largest absolute Gasteiger partial charge is 0.370 e. The Morgan fingerprint density at radius 2 is 2.05 bits per heavy atom. The van der Waals surface area contributed by atoms with Crippen LogP contribution in [0.1, 0.15) is 25.3 Å². The van der Waals surface area contributed by atoms with Crippen molar-refractivity contribution < 1.29 is 9.53 Å². The van der Waals surface area contributed by atoms with Crippen LogP contribution in [-0.4, -0.2) is 54.1 Å². The molecule has 4 heteroatoms. The number of hydrogen-bond donors (Lipinski definition) is 0. The Labute approximate surface area is 126 Å².